The maximum Gasteiger partial charge on any atom is 0.247 e. The monoisotopic (exact) mass is 306 g/mol. The Morgan fingerprint density at radius 1 is 1.29 bits per heavy atom. The molecule has 2 aromatic rings. The number of nitrogens with zero attached hydrogens (tertiary/aromatic N) is 2. The van der Waals surface area contributed by atoms with Crippen molar-refractivity contribution in [1.29, 1.82) is 0 Å². The smallest absolute Gasteiger partial charge is 0.247 e. The molecule has 1 saturated heterocycles. The Hall–Kier alpha value is -1.69. The van der Waals surface area contributed by atoms with E-state index in [0.29, 0.717) is 23.3 Å². The fourth-order valence-corrected chi connectivity index (χ4v) is 4.72. The van der Waals surface area contributed by atoms with Crippen LogP contribution in [0, 0.1) is 12.8 Å². The van der Waals surface area contributed by atoms with Crippen molar-refractivity contribution in [3.63, 3.8) is 0 Å². The Balaban J connectivity index is 1.74. The zero-order valence-electron chi connectivity index (χ0n) is 11.9. The van der Waals surface area contributed by atoms with Gasteiger partial charge in [0.15, 0.2) is 9.84 Å². The highest BCUT2D eigenvalue weighted by Crippen LogP contribution is 2.27. The van der Waals surface area contributed by atoms with Crippen LogP contribution in [0.1, 0.15) is 24.3 Å². The summed E-state index contributed by atoms with van der Waals surface area (Å²) in [6.45, 7) is 1.77. The van der Waals surface area contributed by atoms with Crippen LogP contribution in [0.4, 0.5) is 0 Å². The van der Waals surface area contributed by atoms with Gasteiger partial charge in [0.25, 0.3) is 0 Å². The van der Waals surface area contributed by atoms with E-state index < -0.39 is 9.84 Å². The standard InChI is InChI=1S/C15H18N2O3S/c1-11-16-17-15(20-11)14-5-3-2-4-13(14)7-6-12-8-9-21(18,19)10-12/h2-5,12H,6-10H2,1H3/t12-/m1/s1. The summed E-state index contributed by atoms with van der Waals surface area (Å²) in [6, 6.07) is 7.93. The Morgan fingerprint density at radius 2 is 2.10 bits per heavy atom. The molecule has 0 saturated carbocycles. The zero-order chi connectivity index (χ0) is 14.9. The molecule has 21 heavy (non-hydrogen) atoms. The summed E-state index contributed by atoms with van der Waals surface area (Å²) < 4.78 is 28.5. The molecule has 5 nitrogen and oxygen atoms in total. The molecule has 0 bridgehead atoms. The predicted octanol–water partition coefficient (Wildman–Crippen LogP) is 2.41. The molecule has 6 heteroatoms. The van der Waals surface area contributed by atoms with Gasteiger partial charge in [-0.05, 0) is 36.8 Å². The fraction of sp³-hybridized carbons (Fsp3) is 0.467. The topological polar surface area (TPSA) is 73.1 Å². The molecule has 0 amide bonds. The molecular formula is C15H18N2O3S. The molecule has 1 aliphatic rings. The third kappa shape index (κ3) is 3.32. The summed E-state index contributed by atoms with van der Waals surface area (Å²) in [5.41, 5.74) is 2.07. The number of benzene rings is 1. The summed E-state index contributed by atoms with van der Waals surface area (Å²) in [6.07, 6.45) is 2.49. The van der Waals surface area contributed by atoms with Crippen LogP contribution in [0.15, 0.2) is 28.7 Å². The summed E-state index contributed by atoms with van der Waals surface area (Å²) in [7, 11) is -2.80. The molecule has 0 N–H and O–H groups in total. The van der Waals surface area contributed by atoms with Gasteiger partial charge < -0.3 is 4.42 Å². The Bertz CT molecular complexity index is 737. The van der Waals surface area contributed by atoms with Gasteiger partial charge in [-0.15, -0.1) is 10.2 Å². The van der Waals surface area contributed by atoms with Crippen LogP contribution in [-0.4, -0.2) is 30.1 Å². The van der Waals surface area contributed by atoms with Crippen molar-refractivity contribution in [2.24, 2.45) is 5.92 Å². The highest BCUT2D eigenvalue weighted by atomic mass is 32.2. The minimum absolute atomic E-state index is 0.271. The largest absolute Gasteiger partial charge is 0.421 e. The fourth-order valence-electron chi connectivity index (χ4n) is 2.81. The third-order valence-electron chi connectivity index (χ3n) is 3.92. The second-order valence-corrected chi connectivity index (χ2v) is 7.82. The van der Waals surface area contributed by atoms with E-state index in [-0.39, 0.29) is 5.92 Å². The summed E-state index contributed by atoms with van der Waals surface area (Å²) in [5, 5.41) is 7.93. The van der Waals surface area contributed by atoms with Crippen molar-refractivity contribution in [1.82, 2.24) is 10.2 Å². The van der Waals surface area contributed by atoms with Crippen molar-refractivity contribution < 1.29 is 12.8 Å². The number of aromatic nitrogens is 2. The van der Waals surface area contributed by atoms with E-state index in [1.165, 1.54) is 0 Å². The molecule has 1 aromatic heterocycles. The van der Waals surface area contributed by atoms with Gasteiger partial charge in [0.1, 0.15) is 0 Å². The van der Waals surface area contributed by atoms with Gasteiger partial charge in [0.2, 0.25) is 11.8 Å². The molecule has 0 spiro atoms. The lowest BCUT2D eigenvalue weighted by atomic mass is 9.96. The van der Waals surface area contributed by atoms with Gasteiger partial charge in [0.05, 0.1) is 11.5 Å². The first-order chi connectivity index (χ1) is 10.0. The lowest BCUT2D eigenvalue weighted by Gasteiger charge is -2.09. The minimum Gasteiger partial charge on any atom is -0.421 e. The molecule has 1 fully saturated rings. The second kappa shape index (κ2) is 5.60. The first kappa shape index (κ1) is 14.3. The van der Waals surface area contributed by atoms with Crippen LogP contribution in [0.2, 0.25) is 0 Å². The van der Waals surface area contributed by atoms with Gasteiger partial charge in [-0.3, -0.25) is 0 Å². The SMILES string of the molecule is Cc1nnc(-c2ccccc2CC[C@@H]2CCS(=O)(=O)C2)o1. The van der Waals surface area contributed by atoms with Crippen LogP contribution in [0.25, 0.3) is 11.5 Å². The van der Waals surface area contributed by atoms with Crippen molar-refractivity contribution in [3.8, 4) is 11.5 Å². The van der Waals surface area contributed by atoms with E-state index >= 15 is 0 Å². The quantitative estimate of drug-likeness (QED) is 0.867. The Morgan fingerprint density at radius 3 is 2.76 bits per heavy atom. The molecule has 1 aliphatic heterocycles. The first-order valence-corrected chi connectivity index (χ1v) is 8.94. The highest BCUT2D eigenvalue weighted by molar-refractivity contribution is 7.91. The van der Waals surface area contributed by atoms with Crippen molar-refractivity contribution in [3.05, 3.63) is 35.7 Å². The van der Waals surface area contributed by atoms with Gasteiger partial charge in [-0.25, -0.2) is 8.42 Å². The number of rotatable bonds is 4. The minimum atomic E-state index is -2.80. The summed E-state index contributed by atoms with van der Waals surface area (Å²) in [5.74, 6) is 2.01. The van der Waals surface area contributed by atoms with Crippen molar-refractivity contribution in [2.45, 2.75) is 26.2 Å². The molecule has 1 aromatic carbocycles. The van der Waals surface area contributed by atoms with Gasteiger partial charge in [-0.1, -0.05) is 18.2 Å². The van der Waals surface area contributed by atoms with Crippen molar-refractivity contribution >= 4 is 9.84 Å². The third-order valence-corrected chi connectivity index (χ3v) is 5.76. The van der Waals surface area contributed by atoms with Crippen LogP contribution in [0.3, 0.4) is 0 Å². The molecule has 0 unspecified atom stereocenters. The highest BCUT2D eigenvalue weighted by Gasteiger charge is 2.27. The average molecular weight is 306 g/mol. The zero-order valence-corrected chi connectivity index (χ0v) is 12.8. The normalized spacial score (nSPS) is 20.7. The van der Waals surface area contributed by atoms with E-state index in [2.05, 4.69) is 10.2 Å². The molecule has 1 atom stereocenters. The number of hydrogen-bond donors (Lipinski definition) is 0. The van der Waals surface area contributed by atoms with Gasteiger partial charge in [0, 0.05) is 12.5 Å². The molecule has 2 heterocycles. The summed E-state index contributed by atoms with van der Waals surface area (Å²) in [4.78, 5) is 0. The van der Waals surface area contributed by atoms with E-state index in [0.717, 1.165) is 30.4 Å². The van der Waals surface area contributed by atoms with E-state index in [1.807, 2.05) is 24.3 Å². The summed E-state index contributed by atoms with van der Waals surface area (Å²) >= 11 is 0. The maximum atomic E-state index is 11.5. The molecular weight excluding hydrogens is 288 g/mol. The average Bonchev–Trinajstić information content (AvgIpc) is 3.02. The lowest BCUT2D eigenvalue weighted by molar-refractivity contribution is 0.528. The molecule has 0 radical (unpaired) electrons. The van der Waals surface area contributed by atoms with Crippen LogP contribution in [0.5, 0.6) is 0 Å². The van der Waals surface area contributed by atoms with E-state index in [1.54, 1.807) is 6.92 Å². The number of sulfone groups is 1. The van der Waals surface area contributed by atoms with Crippen LogP contribution < -0.4 is 0 Å². The maximum absolute atomic E-state index is 11.5. The van der Waals surface area contributed by atoms with Gasteiger partial charge in [-0.2, -0.15) is 0 Å². The Kier molecular flexibility index (Phi) is 3.80. The predicted molar refractivity (Wildman–Crippen MR) is 79.6 cm³/mol. The number of aryl methyl sites for hydroxylation is 2. The van der Waals surface area contributed by atoms with Crippen LogP contribution >= 0.6 is 0 Å². The Labute approximate surface area is 124 Å². The van der Waals surface area contributed by atoms with Crippen LogP contribution in [-0.2, 0) is 16.3 Å². The van der Waals surface area contributed by atoms with Crippen molar-refractivity contribution in [2.75, 3.05) is 11.5 Å². The molecule has 3 rings (SSSR count). The van der Waals surface area contributed by atoms with E-state index in [9.17, 15) is 8.42 Å². The molecule has 112 valence electrons. The number of hydrogen-bond acceptors (Lipinski definition) is 5. The lowest BCUT2D eigenvalue weighted by Crippen LogP contribution is -2.06. The second-order valence-electron chi connectivity index (χ2n) is 5.59. The van der Waals surface area contributed by atoms with E-state index in [4.69, 9.17) is 4.42 Å². The first-order valence-electron chi connectivity index (χ1n) is 7.12. The molecule has 0 aliphatic carbocycles. The van der Waals surface area contributed by atoms with Gasteiger partial charge >= 0.3 is 0 Å².